The summed E-state index contributed by atoms with van der Waals surface area (Å²) in [4.78, 5) is 13.0. The van der Waals surface area contributed by atoms with E-state index in [1.54, 1.807) is 12.1 Å². The smallest absolute Gasteiger partial charge is 0.232 e. The minimum atomic E-state index is -0.102. The maximum atomic E-state index is 13.0. The first-order valence-electron chi connectivity index (χ1n) is 11.3. The van der Waals surface area contributed by atoms with Crippen LogP contribution in [-0.4, -0.2) is 12.4 Å². The van der Waals surface area contributed by atoms with Crippen LogP contribution in [0.2, 0.25) is 0 Å². The Morgan fingerprint density at radius 3 is 2.21 bits per heavy atom. The first-order chi connectivity index (χ1) is 16.7. The van der Waals surface area contributed by atoms with E-state index in [4.69, 9.17) is 9.47 Å². The quantitative estimate of drug-likeness (QED) is 0.291. The van der Waals surface area contributed by atoms with Gasteiger partial charge in [-0.1, -0.05) is 91.0 Å². The number of Topliss-reactive ketones (excluding diaryl/α,β-unsaturated/α-hetero) is 1. The van der Waals surface area contributed by atoms with E-state index in [-0.39, 0.29) is 5.78 Å². The topological polar surface area (TPSA) is 35.5 Å². The molecule has 1 aliphatic rings. The molecule has 0 N–H and O–H groups in total. The molecule has 5 rings (SSSR count). The fraction of sp³-hybridized carbons (Fsp3) is 0.0645. The Morgan fingerprint density at radius 1 is 0.794 bits per heavy atom. The van der Waals surface area contributed by atoms with E-state index < -0.39 is 0 Å². The Kier molecular flexibility index (Phi) is 6.09. The van der Waals surface area contributed by atoms with Gasteiger partial charge in [-0.2, -0.15) is 0 Å². The van der Waals surface area contributed by atoms with Crippen molar-refractivity contribution in [2.45, 2.75) is 6.92 Å². The summed E-state index contributed by atoms with van der Waals surface area (Å²) >= 11 is 0. The molecule has 0 radical (unpaired) electrons. The molecule has 0 aromatic heterocycles. The normalized spacial score (nSPS) is 13.8. The van der Waals surface area contributed by atoms with Gasteiger partial charge in [-0.25, -0.2) is 0 Å². The van der Waals surface area contributed by atoms with E-state index in [0.29, 0.717) is 29.4 Å². The highest BCUT2D eigenvalue weighted by Crippen LogP contribution is 2.37. The summed E-state index contributed by atoms with van der Waals surface area (Å²) in [6.07, 6.45) is 5.78. The van der Waals surface area contributed by atoms with Gasteiger partial charge in [-0.05, 0) is 53.0 Å². The minimum Gasteiger partial charge on any atom is -0.489 e. The molecule has 0 atom stereocenters. The average molecular weight is 445 g/mol. The number of hydrogen-bond acceptors (Lipinski definition) is 3. The number of carbonyl (C=O) groups is 1. The van der Waals surface area contributed by atoms with Gasteiger partial charge in [0.15, 0.2) is 5.76 Å². The predicted octanol–water partition coefficient (Wildman–Crippen LogP) is 7.37. The molecule has 166 valence electrons. The summed E-state index contributed by atoms with van der Waals surface area (Å²) in [5, 5.41) is 0. The summed E-state index contributed by atoms with van der Waals surface area (Å²) in [5.41, 5.74) is 5.76. The maximum absolute atomic E-state index is 13.0. The number of allylic oxidation sites excluding steroid dienone is 1. The Hall–Kier alpha value is -4.37. The van der Waals surface area contributed by atoms with Crippen LogP contribution < -0.4 is 9.47 Å². The van der Waals surface area contributed by atoms with E-state index in [9.17, 15) is 4.79 Å². The zero-order chi connectivity index (χ0) is 23.3. The van der Waals surface area contributed by atoms with Crippen molar-refractivity contribution >= 4 is 17.9 Å². The van der Waals surface area contributed by atoms with Crippen LogP contribution >= 0.6 is 0 Å². The van der Waals surface area contributed by atoms with Crippen LogP contribution in [0.15, 0.2) is 109 Å². The zero-order valence-electron chi connectivity index (χ0n) is 18.9. The molecule has 0 unspecified atom stereocenters. The largest absolute Gasteiger partial charge is 0.489 e. The van der Waals surface area contributed by atoms with E-state index in [1.165, 1.54) is 0 Å². The number of ether oxygens (including phenoxy) is 2. The van der Waals surface area contributed by atoms with Gasteiger partial charge in [-0.3, -0.25) is 4.79 Å². The summed E-state index contributed by atoms with van der Waals surface area (Å²) in [6.45, 7) is 2.34. The number of benzene rings is 4. The molecule has 4 aromatic rings. The van der Waals surface area contributed by atoms with Crippen molar-refractivity contribution in [3.8, 4) is 22.6 Å². The lowest BCUT2D eigenvalue weighted by Crippen LogP contribution is -2.00. The molecule has 0 saturated heterocycles. The maximum Gasteiger partial charge on any atom is 0.232 e. The first kappa shape index (κ1) is 21.5. The van der Waals surface area contributed by atoms with Gasteiger partial charge < -0.3 is 9.47 Å². The molecule has 0 amide bonds. The molecule has 1 aliphatic heterocycles. The second-order valence-corrected chi connectivity index (χ2v) is 8.17. The third kappa shape index (κ3) is 4.69. The molecule has 0 saturated carbocycles. The van der Waals surface area contributed by atoms with E-state index >= 15 is 0 Å². The number of ketones is 1. The molecule has 0 spiro atoms. The van der Waals surface area contributed by atoms with Gasteiger partial charge in [0.2, 0.25) is 5.78 Å². The van der Waals surface area contributed by atoms with Crippen LogP contribution in [-0.2, 0) is 0 Å². The van der Waals surface area contributed by atoms with Gasteiger partial charge in [0, 0.05) is 6.07 Å². The lowest BCUT2D eigenvalue weighted by Gasteiger charge is -2.07. The lowest BCUT2D eigenvalue weighted by atomic mass is 10.0. The molecule has 0 bridgehead atoms. The SMILES string of the molecule is Cc1cc(OC/C=C/c2ccccc2)cc2c1C(=O)/C(=C/c1ccc(-c3ccccc3)cc1)O2. The van der Waals surface area contributed by atoms with Crippen LogP contribution in [0.1, 0.15) is 27.0 Å². The zero-order valence-corrected chi connectivity index (χ0v) is 18.9. The Labute approximate surface area is 199 Å². The lowest BCUT2D eigenvalue weighted by molar-refractivity contribution is 0.101. The highest BCUT2D eigenvalue weighted by atomic mass is 16.5. The monoisotopic (exact) mass is 444 g/mol. The van der Waals surface area contributed by atoms with Gasteiger partial charge in [0.05, 0.1) is 5.56 Å². The number of aryl methyl sites for hydroxylation is 1. The summed E-state index contributed by atoms with van der Waals surface area (Å²) in [6, 6.07) is 32.0. The first-order valence-corrected chi connectivity index (χ1v) is 11.3. The standard InChI is InChI=1S/C31H24O3/c1-22-19-27(33-18-8-11-23-9-4-2-5-10-23)21-28-30(22)31(32)29(34-28)20-24-14-16-26(17-15-24)25-12-6-3-7-13-25/h2-17,19-21H,18H2,1H3/b11-8+,29-20-. The predicted molar refractivity (Wildman–Crippen MR) is 137 cm³/mol. The van der Waals surface area contributed by atoms with Gasteiger partial charge in [0.1, 0.15) is 18.1 Å². The van der Waals surface area contributed by atoms with Gasteiger partial charge in [0.25, 0.3) is 0 Å². The molecule has 34 heavy (non-hydrogen) atoms. The molecule has 3 nitrogen and oxygen atoms in total. The van der Waals surface area contributed by atoms with Crippen molar-refractivity contribution in [2.24, 2.45) is 0 Å². The van der Waals surface area contributed by atoms with Crippen molar-refractivity contribution in [1.82, 2.24) is 0 Å². The van der Waals surface area contributed by atoms with Gasteiger partial charge >= 0.3 is 0 Å². The van der Waals surface area contributed by atoms with Crippen molar-refractivity contribution in [3.63, 3.8) is 0 Å². The molecule has 0 aliphatic carbocycles. The Bertz CT molecular complexity index is 1370. The van der Waals surface area contributed by atoms with E-state index in [1.807, 2.05) is 85.8 Å². The molecule has 3 heteroatoms. The molecule has 4 aromatic carbocycles. The van der Waals surface area contributed by atoms with E-state index in [2.05, 4.69) is 24.3 Å². The minimum absolute atomic E-state index is 0.102. The summed E-state index contributed by atoms with van der Waals surface area (Å²) < 4.78 is 11.8. The fourth-order valence-corrected chi connectivity index (χ4v) is 4.01. The van der Waals surface area contributed by atoms with Crippen molar-refractivity contribution in [2.75, 3.05) is 6.61 Å². The number of carbonyl (C=O) groups excluding carboxylic acids is 1. The molecule has 1 heterocycles. The number of rotatable bonds is 6. The van der Waals surface area contributed by atoms with Gasteiger partial charge in [-0.15, -0.1) is 0 Å². The third-order valence-corrected chi connectivity index (χ3v) is 5.72. The van der Waals surface area contributed by atoms with Crippen LogP contribution in [0.3, 0.4) is 0 Å². The average Bonchev–Trinajstić information content (AvgIpc) is 3.18. The van der Waals surface area contributed by atoms with Crippen molar-refractivity contribution in [3.05, 3.63) is 131 Å². The third-order valence-electron chi connectivity index (χ3n) is 5.72. The Balaban J connectivity index is 1.29. The highest BCUT2D eigenvalue weighted by Gasteiger charge is 2.30. The fourth-order valence-electron chi connectivity index (χ4n) is 4.01. The van der Waals surface area contributed by atoms with Crippen molar-refractivity contribution in [1.29, 1.82) is 0 Å². The highest BCUT2D eigenvalue weighted by molar-refractivity contribution is 6.15. The van der Waals surface area contributed by atoms with Crippen LogP contribution in [0.4, 0.5) is 0 Å². The molecular weight excluding hydrogens is 420 g/mol. The van der Waals surface area contributed by atoms with Crippen molar-refractivity contribution < 1.29 is 14.3 Å². The second-order valence-electron chi connectivity index (χ2n) is 8.17. The Morgan fingerprint density at radius 2 is 1.47 bits per heavy atom. The van der Waals surface area contributed by atoms with Crippen LogP contribution in [0, 0.1) is 6.92 Å². The molecular formula is C31H24O3. The second kappa shape index (κ2) is 9.63. The summed E-state index contributed by atoms with van der Waals surface area (Å²) in [7, 11) is 0. The van der Waals surface area contributed by atoms with E-state index in [0.717, 1.165) is 27.8 Å². The summed E-state index contributed by atoms with van der Waals surface area (Å²) in [5.74, 6) is 1.44. The number of fused-ring (bicyclic) bond motifs is 1. The molecule has 0 fully saturated rings. The van der Waals surface area contributed by atoms with Crippen LogP contribution in [0.5, 0.6) is 11.5 Å². The number of hydrogen-bond donors (Lipinski definition) is 0. The van der Waals surface area contributed by atoms with Crippen LogP contribution in [0.25, 0.3) is 23.3 Å².